The van der Waals surface area contributed by atoms with Crippen LogP contribution in [0.1, 0.15) is 13.8 Å². The Balaban J connectivity index is 1.55. The first-order valence-electron chi connectivity index (χ1n) is 12.5. The Kier molecular flexibility index (Phi) is 8.93. The zero-order chi connectivity index (χ0) is 29.1. The molecule has 2 aromatic heterocycles. The highest BCUT2D eigenvalue weighted by Crippen LogP contribution is 2.42. The van der Waals surface area contributed by atoms with Gasteiger partial charge in [-0.25, -0.2) is 15.0 Å². The molecule has 0 bridgehead atoms. The molecule has 3 heterocycles. The maximum atomic E-state index is 11.5. The smallest absolute Gasteiger partial charge is 0.188 e. The van der Waals surface area contributed by atoms with Crippen LogP contribution in [0.5, 0.6) is 11.5 Å². The average Bonchev–Trinajstić information content (AvgIpc) is 3.48. The number of benzene rings is 2. The third kappa shape index (κ3) is 6.56. The van der Waals surface area contributed by atoms with Crippen LogP contribution in [0, 0.1) is 0 Å². The Morgan fingerprint density at radius 2 is 1.88 bits per heavy atom. The molecule has 10 nitrogen and oxygen atoms in total. The van der Waals surface area contributed by atoms with Gasteiger partial charge in [0.05, 0.1) is 27.9 Å². The minimum atomic E-state index is -0.656. The molecule has 216 valence electrons. The first-order valence-corrected chi connectivity index (χ1v) is 14.5. The van der Waals surface area contributed by atoms with E-state index in [2.05, 4.69) is 9.97 Å². The van der Waals surface area contributed by atoms with E-state index in [9.17, 15) is 5.21 Å². The van der Waals surface area contributed by atoms with Crippen molar-refractivity contribution < 1.29 is 28.9 Å². The Labute approximate surface area is 251 Å². The summed E-state index contributed by atoms with van der Waals surface area (Å²) in [6.45, 7) is 4.45. The van der Waals surface area contributed by atoms with Crippen LogP contribution < -0.4 is 9.47 Å². The highest BCUT2D eigenvalue weighted by atomic mass is 35.5. The predicted molar refractivity (Wildman–Crippen MR) is 156 cm³/mol. The van der Waals surface area contributed by atoms with Gasteiger partial charge in [-0.3, -0.25) is 0 Å². The Bertz CT molecular complexity index is 1530. The van der Waals surface area contributed by atoms with E-state index in [4.69, 9.17) is 51.9 Å². The van der Waals surface area contributed by atoms with Crippen molar-refractivity contribution in [2.45, 2.75) is 30.9 Å². The first kappa shape index (κ1) is 29.4. The van der Waals surface area contributed by atoms with Gasteiger partial charge in [-0.2, -0.15) is 4.73 Å². The van der Waals surface area contributed by atoms with Crippen molar-refractivity contribution in [1.29, 1.82) is 0 Å². The lowest BCUT2D eigenvalue weighted by Gasteiger charge is -2.17. The SMILES string of the molecule is COCOc1cccc(-c2nc(-c3c(Cl)cc(OC[C@H]4COC(C)(C)O4)cc3Cl)n(O)c2-c2ccnc(SC)n2)c1. The van der Waals surface area contributed by atoms with E-state index in [-0.39, 0.29) is 35.4 Å². The van der Waals surface area contributed by atoms with Gasteiger partial charge in [0.15, 0.2) is 23.6 Å². The number of aromatic nitrogens is 4. The molecule has 5 rings (SSSR count). The number of imidazole rings is 1. The normalized spacial score (nSPS) is 16.2. The molecule has 0 radical (unpaired) electrons. The zero-order valence-corrected chi connectivity index (χ0v) is 25.1. The fourth-order valence-corrected chi connectivity index (χ4v) is 5.31. The van der Waals surface area contributed by atoms with Gasteiger partial charge in [-0.15, -0.1) is 0 Å². The number of ether oxygens (including phenoxy) is 5. The van der Waals surface area contributed by atoms with E-state index < -0.39 is 5.79 Å². The number of halogens is 2. The van der Waals surface area contributed by atoms with Crippen LogP contribution in [-0.2, 0) is 14.2 Å². The van der Waals surface area contributed by atoms with Crippen LogP contribution in [0.2, 0.25) is 10.0 Å². The first-order chi connectivity index (χ1) is 19.7. The molecule has 1 aliphatic rings. The molecule has 1 N–H and O–H groups in total. The van der Waals surface area contributed by atoms with Crippen molar-refractivity contribution in [1.82, 2.24) is 19.7 Å². The molecule has 4 aromatic rings. The quantitative estimate of drug-likeness (QED) is 0.0920. The van der Waals surface area contributed by atoms with Crippen molar-refractivity contribution in [3.05, 3.63) is 58.7 Å². The highest BCUT2D eigenvalue weighted by molar-refractivity contribution is 7.98. The monoisotopic (exact) mass is 618 g/mol. The Morgan fingerprint density at radius 1 is 1.10 bits per heavy atom. The molecule has 1 atom stereocenters. The lowest BCUT2D eigenvalue weighted by molar-refractivity contribution is -0.141. The number of methoxy groups -OCH3 is 1. The summed E-state index contributed by atoms with van der Waals surface area (Å²) in [6, 6.07) is 12.2. The van der Waals surface area contributed by atoms with E-state index in [1.807, 2.05) is 32.2 Å². The maximum Gasteiger partial charge on any atom is 0.188 e. The molecular formula is C28H28Cl2N4O6S. The van der Waals surface area contributed by atoms with Crippen molar-refractivity contribution in [2.24, 2.45) is 0 Å². The highest BCUT2D eigenvalue weighted by Gasteiger charge is 2.33. The second-order valence-electron chi connectivity index (χ2n) is 9.48. The molecule has 1 aliphatic heterocycles. The van der Waals surface area contributed by atoms with Crippen molar-refractivity contribution >= 4 is 35.0 Å². The van der Waals surface area contributed by atoms with Crippen molar-refractivity contribution in [3.8, 4) is 45.5 Å². The summed E-state index contributed by atoms with van der Waals surface area (Å²) in [5.74, 6) is 0.473. The third-order valence-electron chi connectivity index (χ3n) is 6.11. The number of hydrogen-bond donors (Lipinski definition) is 1. The molecule has 41 heavy (non-hydrogen) atoms. The van der Waals surface area contributed by atoms with Gasteiger partial charge in [-0.05, 0) is 50.4 Å². The Hall–Kier alpha value is -3.06. The Morgan fingerprint density at radius 3 is 2.56 bits per heavy atom. The fraction of sp³-hybridized carbons (Fsp3) is 0.321. The summed E-state index contributed by atoms with van der Waals surface area (Å²) in [5, 5.41) is 12.5. The van der Waals surface area contributed by atoms with Gasteiger partial charge in [0.25, 0.3) is 0 Å². The standard InChI is InChI=1S/C28H28Cl2N4O6S/c1-28(2)39-14-19(40-28)13-37-18-11-20(29)23(21(30)12-18)26-33-24(16-6-5-7-17(10-16)38-15-36-3)25(34(26)35)22-8-9-31-27(32-22)41-4/h5-12,19,35H,13-15H2,1-4H3/t19-/m0/s1. The molecule has 13 heteroatoms. The zero-order valence-electron chi connectivity index (χ0n) is 22.8. The summed E-state index contributed by atoms with van der Waals surface area (Å²) in [5.41, 5.74) is 2.21. The van der Waals surface area contributed by atoms with Crippen LogP contribution in [-0.4, -0.2) is 70.2 Å². The van der Waals surface area contributed by atoms with Gasteiger partial charge in [0.2, 0.25) is 0 Å². The van der Waals surface area contributed by atoms with Crippen LogP contribution in [0.15, 0.2) is 53.8 Å². The van der Waals surface area contributed by atoms with E-state index in [1.165, 1.54) is 11.8 Å². The van der Waals surface area contributed by atoms with E-state index >= 15 is 0 Å². The van der Waals surface area contributed by atoms with Crippen LogP contribution in [0.25, 0.3) is 34.0 Å². The molecule has 0 aliphatic carbocycles. The van der Waals surface area contributed by atoms with Gasteiger partial charge in [0, 0.05) is 18.9 Å². The fourth-order valence-electron chi connectivity index (χ4n) is 4.32. The molecule has 2 aromatic carbocycles. The van der Waals surface area contributed by atoms with E-state index in [1.54, 1.807) is 43.6 Å². The number of thioether (sulfide) groups is 1. The van der Waals surface area contributed by atoms with Gasteiger partial charge >= 0.3 is 0 Å². The number of hydrogen-bond acceptors (Lipinski definition) is 10. The van der Waals surface area contributed by atoms with E-state index in [0.29, 0.717) is 51.5 Å². The van der Waals surface area contributed by atoms with Crippen molar-refractivity contribution in [2.75, 3.05) is 33.4 Å². The number of rotatable bonds is 10. The van der Waals surface area contributed by atoms with E-state index in [0.717, 1.165) is 4.73 Å². The molecule has 0 unspecified atom stereocenters. The lowest BCUT2D eigenvalue weighted by Crippen LogP contribution is -2.25. The molecule has 1 fully saturated rings. The summed E-state index contributed by atoms with van der Waals surface area (Å²) >= 11 is 14.8. The topological polar surface area (TPSA) is 110 Å². The molecule has 1 saturated heterocycles. The second-order valence-corrected chi connectivity index (χ2v) is 11.1. The molecule has 0 spiro atoms. The van der Waals surface area contributed by atoms with Gasteiger partial charge in [-0.1, -0.05) is 47.1 Å². The molecule has 0 saturated carbocycles. The second kappa shape index (κ2) is 12.4. The molecule has 0 amide bonds. The van der Waals surface area contributed by atoms with Crippen LogP contribution in [0.3, 0.4) is 0 Å². The van der Waals surface area contributed by atoms with Crippen LogP contribution in [0.4, 0.5) is 0 Å². The van der Waals surface area contributed by atoms with Crippen molar-refractivity contribution in [3.63, 3.8) is 0 Å². The van der Waals surface area contributed by atoms with Gasteiger partial charge < -0.3 is 28.9 Å². The minimum absolute atomic E-state index is 0.0796. The minimum Gasteiger partial charge on any atom is -0.491 e. The average molecular weight is 620 g/mol. The largest absolute Gasteiger partial charge is 0.491 e. The molecular weight excluding hydrogens is 591 g/mol. The summed E-state index contributed by atoms with van der Waals surface area (Å²) in [6.07, 6.45) is 3.26. The number of nitrogens with zero attached hydrogens (tertiary/aromatic N) is 4. The predicted octanol–water partition coefficient (Wildman–Crippen LogP) is 6.45. The summed E-state index contributed by atoms with van der Waals surface area (Å²) in [7, 11) is 1.54. The summed E-state index contributed by atoms with van der Waals surface area (Å²) < 4.78 is 28.9. The van der Waals surface area contributed by atoms with Gasteiger partial charge in [0.1, 0.15) is 35.6 Å². The summed E-state index contributed by atoms with van der Waals surface area (Å²) in [4.78, 5) is 13.6. The lowest BCUT2D eigenvalue weighted by atomic mass is 10.1. The third-order valence-corrected chi connectivity index (χ3v) is 7.26. The maximum absolute atomic E-state index is 11.5. The van der Waals surface area contributed by atoms with Crippen LogP contribution >= 0.6 is 35.0 Å².